The molecule has 1 N–H and O–H groups in total. The highest BCUT2D eigenvalue weighted by molar-refractivity contribution is 9.10. The number of carbonyl (C=O) groups excluding carboxylic acids is 1. The van der Waals surface area contributed by atoms with Crippen molar-refractivity contribution in [2.75, 3.05) is 11.9 Å². The van der Waals surface area contributed by atoms with Crippen LogP contribution in [0.4, 0.5) is 15.9 Å². The Morgan fingerprint density at radius 2 is 2.23 bits per heavy atom. The maximum absolute atomic E-state index is 13.6. The van der Waals surface area contributed by atoms with Gasteiger partial charge in [-0.1, -0.05) is 15.9 Å². The predicted octanol–water partition coefficient (Wildman–Crippen LogP) is 2.91. The Labute approximate surface area is 132 Å². The van der Waals surface area contributed by atoms with Crippen molar-refractivity contribution in [3.63, 3.8) is 0 Å². The Morgan fingerprint density at radius 1 is 1.45 bits per heavy atom. The zero-order chi connectivity index (χ0) is 16.1. The first-order valence-corrected chi connectivity index (χ1v) is 6.74. The van der Waals surface area contributed by atoms with Crippen LogP contribution >= 0.6 is 15.9 Å². The fraction of sp³-hybridized carbons (Fsp3) is 0.0769. The zero-order valence-corrected chi connectivity index (χ0v) is 12.5. The Hall–Kier alpha value is -2.55. The fourth-order valence-corrected chi connectivity index (χ4v) is 1.89. The first kappa shape index (κ1) is 15.8. The van der Waals surface area contributed by atoms with E-state index in [1.807, 2.05) is 0 Å². The van der Waals surface area contributed by atoms with Gasteiger partial charge in [-0.05, 0) is 40.2 Å². The number of hydrogen-bond donors (Lipinski definition) is 1. The summed E-state index contributed by atoms with van der Waals surface area (Å²) in [7, 11) is 0. The van der Waals surface area contributed by atoms with E-state index in [-0.39, 0.29) is 11.4 Å². The lowest BCUT2D eigenvalue weighted by Gasteiger charge is -2.08. The molecule has 22 heavy (non-hydrogen) atoms. The van der Waals surface area contributed by atoms with Gasteiger partial charge < -0.3 is 20.2 Å². The largest absolute Gasteiger partial charge is 0.476 e. The van der Waals surface area contributed by atoms with E-state index in [0.29, 0.717) is 4.47 Å². The van der Waals surface area contributed by atoms with Crippen LogP contribution in [0, 0.1) is 15.9 Å². The monoisotopic (exact) mass is 369 g/mol. The van der Waals surface area contributed by atoms with E-state index in [1.165, 1.54) is 30.5 Å². The molecular weight excluding hydrogens is 361 g/mol. The third-order valence-corrected chi connectivity index (χ3v) is 2.98. The topological polar surface area (TPSA) is 94.4 Å². The van der Waals surface area contributed by atoms with Crippen molar-refractivity contribution in [2.24, 2.45) is 0 Å². The molecule has 1 aromatic carbocycles. The Bertz CT molecular complexity index is 726. The molecule has 2 aromatic rings. The molecule has 0 unspecified atom stereocenters. The Kier molecular flexibility index (Phi) is 4.99. The van der Waals surface area contributed by atoms with E-state index >= 15 is 0 Å². The molecule has 1 amide bonds. The smallest absolute Gasteiger partial charge is 0.406 e. The summed E-state index contributed by atoms with van der Waals surface area (Å²) < 4.78 is 19.1. The summed E-state index contributed by atoms with van der Waals surface area (Å²) in [6, 6.07) is 6.89. The molecule has 0 bridgehead atoms. The van der Waals surface area contributed by atoms with Crippen molar-refractivity contribution in [3.05, 3.63) is 56.9 Å². The van der Waals surface area contributed by atoms with E-state index in [4.69, 9.17) is 4.74 Å². The highest BCUT2D eigenvalue weighted by Crippen LogP contribution is 2.23. The van der Waals surface area contributed by atoms with E-state index < -0.39 is 29.1 Å². The van der Waals surface area contributed by atoms with Gasteiger partial charge in [-0.3, -0.25) is 4.79 Å². The number of carbonyl (C=O) groups is 1. The van der Waals surface area contributed by atoms with Gasteiger partial charge in [0.1, 0.15) is 12.0 Å². The molecule has 114 valence electrons. The predicted molar refractivity (Wildman–Crippen MR) is 79.1 cm³/mol. The van der Waals surface area contributed by atoms with E-state index in [1.54, 1.807) is 6.07 Å². The molecule has 7 nitrogen and oxygen atoms in total. The molecule has 0 fully saturated rings. The SMILES string of the molecule is O=C(COc1cccnc1[N+](=O)[O-])Nc1ccc(Br)cc1F. The zero-order valence-electron chi connectivity index (χ0n) is 11.0. The van der Waals surface area contributed by atoms with E-state index in [9.17, 15) is 19.3 Å². The number of anilines is 1. The number of pyridine rings is 1. The van der Waals surface area contributed by atoms with Gasteiger partial charge in [-0.2, -0.15) is 0 Å². The van der Waals surface area contributed by atoms with Gasteiger partial charge in [0, 0.05) is 4.47 Å². The molecule has 1 aromatic heterocycles. The lowest BCUT2D eigenvalue weighted by molar-refractivity contribution is -0.390. The Balaban J connectivity index is 2.00. The Morgan fingerprint density at radius 3 is 2.91 bits per heavy atom. The van der Waals surface area contributed by atoms with Crippen molar-refractivity contribution in [1.29, 1.82) is 0 Å². The molecule has 0 aliphatic carbocycles. The molecule has 0 aliphatic rings. The first-order chi connectivity index (χ1) is 10.5. The summed E-state index contributed by atoms with van der Waals surface area (Å²) in [4.78, 5) is 25.3. The van der Waals surface area contributed by atoms with Gasteiger partial charge >= 0.3 is 5.82 Å². The maximum Gasteiger partial charge on any atom is 0.406 e. The van der Waals surface area contributed by atoms with Crippen molar-refractivity contribution in [1.82, 2.24) is 4.98 Å². The summed E-state index contributed by atoms with van der Waals surface area (Å²) >= 11 is 3.10. The number of halogens is 2. The van der Waals surface area contributed by atoms with E-state index in [0.717, 1.165) is 0 Å². The van der Waals surface area contributed by atoms with Crippen LogP contribution in [0.2, 0.25) is 0 Å². The van der Waals surface area contributed by atoms with Crippen molar-refractivity contribution in [3.8, 4) is 5.75 Å². The minimum absolute atomic E-state index is 0.0162. The van der Waals surface area contributed by atoms with Crippen LogP contribution in [0.15, 0.2) is 41.0 Å². The number of aromatic nitrogens is 1. The van der Waals surface area contributed by atoms with Crippen LogP contribution in [0.25, 0.3) is 0 Å². The number of ether oxygens (including phenoxy) is 1. The van der Waals surface area contributed by atoms with Crippen LogP contribution in [-0.4, -0.2) is 22.4 Å². The third kappa shape index (κ3) is 3.98. The van der Waals surface area contributed by atoms with Crippen LogP contribution < -0.4 is 10.1 Å². The fourth-order valence-electron chi connectivity index (χ4n) is 1.55. The summed E-state index contributed by atoms with van der Waals surface area (Å²) in [5.74, 6) is -1.90. The number of amides is 1. The third-order valence-electron chi connectivity index (χ3n) is 2.49. The second-order valence-electron chi connectivity index (χ2n) is 4.04. The summed E-state index contributed by atoms with van der Waals surface area (Å²) in [5.41, 5.74) is -0.0162. The average Bonchev–Trinajstić information content (AvgIpc) is 2.48. The van der Waals surface area contributed by atoms with Crippen molar-refractivity contribution < 1.29 is 18.8 Å². The number of nitrogens with zero attached hydrogens (tertiary/aromatic N) is 2. The molecule has 0 spiro atoms. The first-order valence-electron chi connectivity index (χ1n) is 5.94. The van der Waals surface area contributed by atoms with Gasteiger partial charge in [0.15, 0.2) is 6.61 Å². The summed E-state index contributed by atoms with van der Waals surface area (Å²) in [6.07, 6.45) is 1.24. The number of rotatable bonds is 5. The minimum atomic E-state index is -0.721. The number of hydrogen-bond acceptors (Lipinski definition) is 5. The molecule has 0 atom stereocenters. The number of nitro groups is 1. The lowest BCUT2D eigenvalue weighted by atomic mass is 10.3. The molecule has 0 saturated heterocycles. The second kappa shape index (κ2) is 6.94. The van der Waals surface area contributed by atoms with Crippen molar-refractivity contribution >= 4 is 33.3 Å². The van der Waals surface area contributed by atoms with Gasteiger partial charge in [0.25, 0.3) is 5.91 Å². The van der Waals surface area contributed by atoms with Crippen LogP contribution in [0.3, 0.4) is 0 Å². The van der Waals surface area contributed by atoms with Gasteiger partial charge in [-0.25, -0.2) is 4.39 Å². The summed E-state index contributed by atoms with van der Waals surface area (Å²) in [5, 5.41) is 13.0. The maximum atomic E-state index is 13.6. The lowest BCUT2D eigenvalue weighted by Crippen LogP contribution is -2.21. The molecule has 0 radical (unpaired) electrons. The van der Waals surface area contributed by atoms with Gasteiger partial charge in [0.05, 0.1) is 5.69 Å². The standard InChI is InChI=1S/C13H9BrFN3O4/c14-8-3-4-10(9(15)6-8)17-12(19)7-22-11-2-1-5-16-13(11)18(20)21/h1-6H,7H2,(H,17,19). The second-order valence-corrected chi connectivity index (χ2v) is 4.96. The minimum Gasteiger partial charge on any atom is -0.476 e. The van der Waals surface area contributed by atoms with Crippen molar-refractivity contribution in [2.45, 2.75) is 0 Å². The van der Waals surface area contributed by atoms with Crippen LogP contribution in [0.5, 0.6) is 5.75 Å². The van der Waals surface area contributed by atoms with Crippen LogP contribution in [-0.2, 0) is 4.79 Å². The molecule has 0 saturated carbocycles. The highest BCUT2D eigenvalue weighted by atomic mass is 79.9. The molecular formula is C13H9BrFN3O4. The normalized spacial score (nSPS) is 10.1. The van der Waals surface area contributed by atoms with E-state index in [2.05, 4.69) is 26.2 Å². The molecule has 0 aliphatic heterocycles. The summed E-state index contributed by atoms with van der Waals surface area (Å²) in [6.45, 7) is -0.512. The molecule has 1 heterocycles. The number of benzene rings is 1. The average molecular weight is 370 g/mol. The number of nitrogens with one attached hydrogen (secondary N) is 1. The molecule has 2 rings (SSSR count). The van der Waals surface area contributed by atoms with Gasteiger partial charge in [0.2, 0.25) is 5.75 Å². The van der Waals surface area contributed by atoms with Crippen LogP contribution in [0.1, 0.15) is 0 Å². The molecule has 9 heteroatoms. The highest BCUT2D eigenvalue weighted by Gasteiger charge is 2.17. The van der Waals surface area contributed by atoms with Gasteiger partial charge in [-0.15, -0.1) is 0 Å². The quantitative estimate of drug-likeness (QED) is 0.645.